The number of aryl methyl sites for hydroxylation is 2. The molecule has 2 rings (SSSR count). The Bertz CT molecular complexity index is 567. The van der Waals surface area contributed by atoms with Crippen molar-refractivity contribution < 1.29 is 0 Å². The Morgan fingerprint density at radius 1 is 0.767 bits per heavy atom. The van der Waals surface area contributed by atoms with E-state index in [2.05, 4.69) is 90.1 Å². The van der Waals surface area contributed by atoms with Crippen LogP contribution in [0.5, 0.6) is 0 Å². The van der Waals surface area contributed by atoms with Gasteiger partial charge in [-0.1, -0.05) is 143 Å². The molecule has 0 aliphatic rings. The van der Waals surface area contributed by atoms with Crippen molar-refractivity contribution in [1.82, 2.24) is 0 Å². The van der Waals surface area contributed by atoms with Crippen LogP contribution in [-0.4, -0.2) is 0 Å². The van der Waals surface area contributed by atoms with Crippen molar-refractivity contribution in [3.05, 3.63) is 71.3 Å². The summed E-state index contributed by atoms with van der Waals surface area (Å²) in [5.41, 5.74) is 4.75. The fourth-order valence-corrected chi connectivity index (χ4v) is 3.81. The van der Waals surface area contributed by atoms with E-state index in [1.54, 1.807) is 0 Å². The second kappa shape index (κ2) is 20.7. The zero-order chi connectivity index (χ0) is 22.7. The third kappa shape index (κ3) is 12.2. The van der Waals surface area contributed by atoms with E-state index in [4.69, 9.17) is 0 Å². The van der Waals surface area contributed by atoms with Crippen molar-refractivity contribution in [2.24, 2.45) is 5.41 Å². The smallest absolute Gasteiger partial charge is 0.0111 e. The van der Waals surface area contributed by atoms with Gasteiger partial charge in [-0.25, -0.2) is 0 Å². The summed E-state index contributed by atoms with van der Waals surface area (Å²) in [5, 5.41) is 0. The Morgan fingerprint density at radius 3 is 1.60 bits per heavy atom. The summed E-state index contributed by atoms with van der Waals surface area (Å²) >= 11 is 0. The van der Waals surface area contributed by atoms with Gasteiger partial charge in [-0.2, -0.15) is 0 Å². The van der Waals surface area contributed by atoms with Crippen LogP contribution in [0.15, 0.2) is 54.6 Å². The van der Waals surface area contributed by atoms with Gasteiger partial charge in [0.15, 0.2) is 0 Å². The van der Waals surface area contributed by atoms with Crippen molar-refractivity contribution >= 4 is 0 Å². The average molecular weight is 415 g/mol. The van der Waals surface area contributed by atoms with Gasteiger partial charge >= 0.3 is 0 Å². The van der Waals surface area contributed by atoms with E-state index in [0.29, 0.717) is 11.3 Å². The quantitative estimate of drug-likeness (QED) is 0.422. The molecular weight excluding hydrogens is 360 g/mol. The van der Waals surface area contributed by atoms with Gasteiger partial charge in [0.05, 0.1) is 0 Å². The lowest BCUT2D eigenvalue weighted by molar-refractivity contribution is 0.213. The van der Waals surface area contributed by atoms with Gasteiger partial charge in [-0.3, -0.25) is 0 Å². The molecule has 0 aliphatic heterocycles. The fraction of sp³-hybridized carbons (Fsp3) is 0.600. The number of rotatable bonds is 7. The SMILES string of the molecule is C.CC.CC.CCCC(C)(CC)C(CC)c1ccc(C)cc1.CCc1ccccc1. The Balaban J connectivity index is -0.000000471. The first-order valence-electron chi connectivity index (χ1n) is 12.1. The molecule has 174 valence electrons. The minimum absolute atomic E-state index is 0. The van der Waals surface area contributed by atoms with Crippen LogP contribution in [0.2, 0.25) is 0 Å². The van der Waals surface area contributed by atoms with Gasteiger partial charge in [0.1, 0.15) is 0 Å². The third-order valence-corrected chi connectivity index (χ3v) is 5.61. The van der Waals surface area contributed by atoms with Crippen LogP contribution in [0.3, 0.4) is 0 Å². The van der Waals surface area contributed by atoms with Crippen molar-refractivity contribution in [1.29, 1.82) is 0 Å². The first-order chi connectivity index (χ1) is 14.0. The monoisotopic (exact) mass is 414 g/mol. The van der Waals surface area contributed by atoms with E-state index in [1.807, 2.05) is 33.8 Å². The van der Waals surface area contributed by atoms with Gasteiger partial charge in [0, 0.05) is 0 Å². The summed E-state index contributed by atoms with van der Waals surface area (Å²) in [6, 6.07) is 19.6. The van der Waals surface area contributed by atoms with Crippen LogP contribution < -0.4 is 0 Å². The molecule has 0 aromatic heterocycles. The summed E-state index contributed by atoms with van der Waals surface area (Å²) in [7, 11) is 0. The van der Waals surface area contributed by atoms with Gasteiger partial charge < -0.3 is 0 Å². The molecule has 0 heteroatoms. The van der Waals surface area contributed by atoms with E-state index in [-0.39, 0.29) is 7.43 Å². The van der Waals surface area contributed by atoms with Gasteiger partial charge in [-0.05, 0) is 48.6 Å². The lowest BCUT2D eigenvalue weighted by Gasteiger charge is -2.37. The van der Waals surface area contributed by atoms with Crippen LogP contribution in [0.25, 0.3) is 0 Å². The van der Waals surface area contributed by atoms with E-state index in [0.717, 1.165) is 6.42 Å². The Kier molecular flexibility index (Phi) is 22.8. The molecule has 2 atom stereocenters. The van der Waals surface area contributed by atoms with Gasteiger partial charge in [0.25, 0.3) is 0 Å². The Morgan fingerprint density at radius 2 is 1.27 bits per heavy atom. The predicted octanol–water partition coefficient (Wildman–Crippen LogP) is 10.6. The first kappa shape index (κ1) is 33.1. The molecule has 0 N–H and O–H groups in total. The van der Waals surface area contributed by atoms with Crippen molar-refractivity contribution in [2.75, 3.05) is 0 Å². The summed E-state index contributed by atoms with van der Waals surface area (Å²) in [4.78, 5) is 0. The minimum Gasteiger partial charge on any atom is -0.0776 e. The van der Waals surface area contributed by atoms with E-state index < -0.39 is 0 Å². The van der Waals surface area contributed by atoms with Crippen molar-refractivity contribution in [2.45, 2.75) is 115 Å². The molecule has 0 saturated carbocycles. The normalized spacial score (nSPS) is 12.2. The topological polar surface area (TPSA) is 0 Å². The largest absolute Gasteiger partial charge is 0.0776 e. The Hall–Kier alpha value is -1.56. The molecule has 0 amide bonds. The van der Waals surface area contributed by atoms with E-state index in [9.17, 15) is 0 Å². The summed E-state index contributed by atoms with van der Waals surface area (Å²) in [6.07, 6.45) is 6.27. The molecule has 0 radical (unpaired) electrons. The molecule has 0 saturated heterocycles. The van der Waals surface area contributed by atoms with Gasteiger partial charge in [0.2, 0.25) is 0 Å². The molecule has 0 nitrogen and oxygen atoms in total. The molecule has 2 aromatic carbocycles. The predicted molar refractivity (Wildman–Crippen MR) is 143 cm³/mol. The maximum atomic E-state index is 2.46. The third-order valence-electron chi connectivity index (χ3n) is 5.61. The van der Waals surface area contributed by atoms with Crippen LogP contribution >= 0.6 is 0 Å². The molecule has 0 heterocycles. The van der Waals surface area contributed by atoms with Crippen LogP contribution in [-0.2, 0) is 6.42 Å². The molecule has 2 unspecified atom stereocenters. The van der Waals surface area contributed by atoms with Crippen LogP contribution in [0.4, 0.5) is 0 Å². The zero-order valence-corrected chi connectivity index (χ0v) is 21.3. The standard InChI is InChI=1S/C17H28.C8H10.2C2H6.CH4/c1-6-13-17(5,8-3)16(7-2)15-11-9-14(4)10-12-15;1-2-8-6-4-3-5-7-8;2*1-2;/h9-12,16H,6-8,13H2,1-5H3;3-7H,2H2,1H3;2*1-2H3;1H4. The summed E-state index contributed by atoms with van der Waals surface area (Å²) in [5.74, 6) is 0.702. The van der Waals surface area contributed by atoms with Crippen LogP contribution in [0.1, 0.15) is 118 Å². The summed E-state index contributed by atoms with van der Waals surface area (Å²) < 4.78 is 0. The number of hydrogen-bond donors (Lipinski definition) is 0. The van der Waals surface area contributed by atoms with Crippen molar-refractivity contribution in [3.63, 3.8) is 0 Å². The second-order valence-corrected chi connectivity index (χ2v) is 7.47. The average Bonchev–Trinajstić information content (AvgIpc) is 2.79. The highest BCUT2D eigenvalue weighted by atomic mass is 14.4. The highest BCUT2D eigenvalue weighted by Crippen LogP contribution is 2.44. The van der Waals surface area contributed by atoms with Crippen molar-refractivity contribution in [3.8, 4) is 0 Å². The summed E-state index contributed by atoms with van der Waals surface area (Å²) in [6.45, 7) is 21.8. The minimum atomic E-state index is 0. The molecule has 0 bridgehead atoms. The maximum Gasteiger partial charge on any atom is -0.0111 e. The highest BCUT2D eigenvalue weighted by Gasteiger charge is 2.31. The van der Waals surface area contributed by atoms with Gasteiger partial charge in [-0.15, -0.1) is 0 Å². The molecule has 0 spiro atoms. The maximum absolute atomic E-state index is 2.46. The van der Waals surface area contributed by atoms with Crippen LogP contribution in [0, 0.1) is 12.3 Å². The lowest BCUT2D eigenvalue weighted by atomic mass is 9.68. The number of benzene rings is 2. The molecule has 2 aromatic rings. The highest BCUT2D eigenvalue weighted by molar-refractivity contribution is 5.26. The first-order valence-corrected chi connectivity index (χ1v) is 12.1. The second-order valence-electron chi connectivity index (χ2n) is 7.47. The fourth-order valence-electron chi connectivity index (χ4n) is 3.81. The molecule has 30 heavy (non-hydrogen) atoms. The number of hydrogen-bond acceptors (Lipinski definition) is 0. The lowest BCUT2D eigenvalue weighted by Crippen LogP contribution is -2.24. The molecule has 0 aliphatic carbocycles. The molecule has 0 fully saturated rings. The molecular formula is C30H54. The van der Waals surface area contributed by atoms with E-state index >= 15 is 0 Å². The zero-order valence-electron chi connectivity index (χ0n) is 21.3. The Labute approximate surface area is 191 Å². The van der Waals surface area contributed by atoms with E-state index in [1.165, 1.54) is 42.4 Å².